The Balaban J connectivity index is 2.61. The van der Waals surface area contributed by atoms with Crippen LogP contribution >= 0.6 is 31.9 Å². The normalized spacial score (nSPS) is 11.6. The van der Waals surface area contributed by atoms with Crippen LogP contribution in [0.1, 0.15) is 61.1 Å². The highest BCUT2D eigenvalue weighted by molar-refractivity contribution is 9.09. The monoisotopic (exact) mass is 494 g/mol. The number of hydrogen-bond donors (Lipinski definition) is 0. The summed E-state index contributed by atoms with van der Waals surface area (Å²) in [5, 5.41) is 6.25. The molecule has 0 spiro atoms. The van der Waals surface area contributed by atoms with E-state index >= 15 is 0 Å². The van der Waals surface area contributed by atoms with Crippen LogP contribution in [0.2, 0.25) is 0 Å². The fraction of sp³-hybridized carbons (Fsp3) is 0.417. The van der Waals surface area contributed by atoms with Gasteiger partial charge in [-0.2, -0.15) is 0 Å². The first-order valence-electron chi connectivity index (χ1n) is 10.2. The van der Waals surface area contributed by atoms with Crippen LogP contribution < -0.4 is 10.9 Å². The van der Waals surface area contributed by atoms with Crippen molar-refractivity contribution in [2.75, 3.05) is 0 Å². The molecule has 0 bridgehead atoms. The van der Waals surface area contributed by atoms with Gasteiger partial charge in [0.2, 0.25) is 0 Å². The quantitative estimate of drug-likeness (QED) is 0.236. The van der Waals surface area contributed by atoms with Gasteiger partial charge in [0, 0.05) is 10.7 Å². The summed E-state index contributed by atoms with van der Waals surface area (Å²) in [6.07, 6.45) is 4.20. The predicted molar refractivity (Wildman–Crippen MR) is 135 cm³/mol. The van der Waals surface area contributed by atoms with Gasteiger partial charge < -0.3 is 0 Å². The molecule has 0 aliphatic carbocycles. The van der Waals surface area contributed by atoms with Crippen molar-refractivity contribution in [2.24, 2.45) is 0 Å². The Hall–Kier alpha value is -0.730. The van der Waals surface area contributed by atoms with Crippen molar-refractivity contribution in [3.63, 3.8) is 0 Å². The second-order valence-corrected chi connectivity index (χ2v) is 8.44. The van der Waals surface area contributed by atoms with E-state index in [2.05, 4.69) is 71.7 Å². The Morgan fingerprint density at radius 3 is 1.11 bits per heavy atom. The first-order valence-corrected chi connectivity index (χ1v) is 12.5. The van der Waals surface area contributed by atoms with Crippen LogP contribution in [0.5, 0.6) is 0 Å². The van der Waals surface area contributed by atoms with E-state index in [1.165, 1.54) is 33.0 Å². The zero-order chi connectivity index (χ0) is 20.6. The second kappa shape index (κ2) is 8.96. The second-order valence-electron chi connectivity index (χ2n) is 7.32. The van der Waals surface area contributed by atoms with Gasteiger partial charge in [-0.1, -0.05) is 70.5 Å². The minimum Gasteiger partial charge on any atom is -0.0876 e. The van der Waals surface area contributed by atoms with Gasteiger partial charge in [0.05, 0.1) is 0 Å². The maximum absolute atomic E-state index is 6.65. The molecule has 4 heteroatoms. The predicted octanol–water partition coefficient (Wildman–Crippen LogP) is 5.62. The molecular formula is C24H26B2Br2. The highest BCUT2D eigenvalue weighted by Gasteiger charge is 2.19. The molecule has 0 heterocycles. The molecule has 142 valence electrons. The number of aryl methyl sites for hydroxylation is 2. The molecule has 0 fully saturated rings. The van der Waals surface area contributed by atoms with Crippen LogP contribution in [0, 0.1) is 0 Å². The summed E-state index contributed by atoms with van der Waals surface area (Å²) >= 11 is 7.21. The van der Waals surface area contributed by atoms with E-state index in [4.69, 9.17) is 15.7 Å². The van der Waals surface area contributed by atoms with E-state index in [1.54, 1.807) is 0 Å². The van der Waals surface area contributed by atoms with E-state index < -0.39 is 0 Å². The number of hydrogen-bond acceptors (Lipinski definition) is 0. The Labute approximate surface area is 188 Å². The Bertz CT molecular complexity index is 971. The Morgan fingerprint density at radius 2 is 0.857 bits per heavy atom. The lowest BCUT2D eigenvalue weighted by Crippen LogP contribution is -2.23. The van der Waals surface area contributed by atoms with Gasteiger partial charge in [0.25, 0.3) is 0 Å². The van der Waals surface area contributed by atoms with Gasteiger partial charge in [-0.05, 0) is 92.7 Å². The summed E-state index contributed by atoms with van der Waals surface area (Å²) < 4.78 is 0. The molecule has 3 aromatic carbocycles. The lowest BCUT2D eigenvalue weighted by atomic mass is 9.74. The first-order chi connectivity index (χ1) is 13.5. The first kappa shape index (κ1) is 22.0. The summed E-state index contributed by atoms with van der Waals surface area (Å²) in [7, 11) is 13.3. The average molecular weight is 496 g/mol. The highest BCUT2D eigenvalue weighted by Crippen LogP contribution is 2.35. The maximum Gasteiger partial charge on any atom is 0.115 e. The zero-order valence-corrected chi connectivity index (χ0v) is 20.5. The molecule has 0 aliphatic rings. The largest absolute Gasteiger partial charge is 0.115 e. The van der Waals surface area contributed by atoms with Gasteiger partial charge >= 0.3 is 0 Å². The van der Waals surface area contributed by atoms with Crippen molar-refractivity contribution in [3.05, 3.63) is 45.5 Å². The molecule has 0 unspecified atom stereocenters. The van der Waals surface area contributed by atoms with Crippen LogP contribution in [0.4, 0.5) is 0 Å². The van der Waals surface area contributed by atoms with Gasteiger partial charge in [-0.25, -0.2) is 0 Å². The van der Waals surface area contributed by atoms with Crippen LogP contribution in [0.15, 0.2) is 12.1 Å². The van der Waals surface area contributed by atoms with Crippen molar-refractivity contribution in [3.8, 4) is 0 Å². The van der Waals surface area contributed by atoms with Crippen LogP contribution in [0.25, 0.3) is 21.5 Å². The Morgan fingerprint density at radius 1 is 0.536 bits per heavy atom. The molecule has 4 radical (unpaired) electrons. The molecule has 3 aromatic rings. The van der Waals surface area contributed by atoms with Gasteiger partial charge in [-0.15, -0.1) is 0 Å². The van der Waals surface area contributed by atoms with Crippen molar-refractivity contribution in [1.29, 1.82) is 0 Å². The van der Waals surface area contributed by atoms with E-state index in [1.807, 2.05) is 0 Å². The van der Waals surface area contributed by atoms with E-state index in [0.717, 1.165) is 58.5 Å². The third-order valence-corrected chi connectivity index (χ3v) is 7.30. The molecule has 0 N–H and O–H groups in total. The average Bonchev–Trinajstić information content (AvgIpc) is 2.72. The maximum atomic E-state index is 6.65. The summed E-state index contributed by atoms with van der Waals surface area (Å²) in [5.74, 6) is 0. The minimum absolute atomic E-state index is 0.702. The molecule has 0 saturated carbocycles. The van der Waals surface area contributed by atoms with Gasteiger partial charge in [0.1, 0.15) is 15.7 Å². The molecule has 28 heavy (non-hydrogen) atoms. The van der Waals surface area contributed by atoms with Crippen molar-refractivity contribution < 1.29 is 0 Å². The number of benzene rings is 3. The third kappa shape index (κ3) is 3.29. The third-order valence-electron chi connectivity index (χ3n) is 6.18. The molecule has 0 atom stereocenters. The van der Waals surface area contributed by atoms with Crippen LogP contribution in [-0.4, -0.2) is 15.7 Å². The molecule has 3 rings (SSSR count). The van der Waals surface area contributed by atoms with E-state index in [0.29, 0.717) is 10.7 Å². The molecule has 0 aliphatic heterocycles. The fourth-order valence-electron chi connectivity index (χ4n) is 4.85. The van der Waals surface area contributed by atoms with Gasteiger partial charge in [0.15, 0.2) is 0 Å². The molecule has 0 nitrogen and oxygen atoms in total. The van der Waals surface area contributed by atoms with Crippen molar-refractivity contribution in [1.82, 2.24) is 0 Å². The summed E-state index contributed by atoms with van der Waals surface area (Å²) in [4.78, 5) is 0. The number of halogens is 2. The van der Waals surface area contributed by atoms with Crippen LogP contribution in [0.3, 0.4) is 0 Å². The number of fused-ring (bicyclic) bond motifs is 2. The van der Waals surface area contributed by atoms with E-state index in [9.17, 15) is 0 Å². The van der Waals surface area contributed by atoms with E-state index in [-0.39, 0.29) is 0 Å². The molecule has 0 amide bonds. The summed E-state index contributed by atoms with van der Waals surface area (Å²) in [6.45, 7) is 9.08. The summed E-state index contributed by atoms with van der Waals surface area (Å²) in [5.41, 5.74) is 9.86. The van der Waals surface area contributed by atoms with Crippen molar-refractivity contribution >= 4 is 80.0 Å². The Kier molecular flexibility index (Phi) is 7.03. The SMILES string of the molecule is [B]c1c(CBr)c(CBr)c([B])c2cc3c(CC)c(CC)c(CC)c(CC)c3cc12. The highest BCUT2D eigenvalue weighted by atomic mass is 79.9. The molecule has 0 aromatic heterocycles. The topological polar surface area (TPSA) is 0 Å². The zero-order valence-electron chi connectivity index (χ0n) is 17.3. The lowest BCUT2D eigenvalue weighted by molar-refractivity contribution is 0.961. The van der Waals surface area contributed by atoms with Crippen LogP contribution in [-0.2, 0) is 36.3 Å². The fourth-order valence-corrected chi connectivity index (χ4v) is 6.13. The molecule has 0 saturated heterocycles. The smallest absolute Gasteiger partial charge is 0.0876 e. The number of rotatable bonds is 6. The lowest BCUT2D eigenvalue weighted by Gasteiger charge is -2.23. The van der Waals surface area contributed by atoms with Crippen molar-refractivity contribution in [2.45, 2.75) is 64.0 Å². The standard InChI is InChI=1S/C24H26B2Br2/c1-5-13-14(6-2)16(8-4)18-10-20-19(9-17(18)15(13)7-3)23(25)21(11-27)22(12-28)24(20)26/h9-10H,5-8,11-12H2,1-4H3. The van der Waals surface area contributed by atoms with Gasteiger partial charge in [-0.3, -0.25) is 0 Å². The summed E-state index contributed by atoms with van der Waals surface area (Å²) in [6, 6.07) is 4.61. The molecular weight excluding hydrogens is 470 g/mol. The minimum atomic E-state index is 0.702. The number of alkyl halides is 2.